The topological polar surface area (TPSA) is 71.9 Å². The zero-order chi connectivity index (χ0) is 24.2. The van der Waals surface area contributed by atoms with Gasteiger partial charge in [-0.25, -0.2) is 0 Å². The van der Waals surface area contributed by atoms with Gasteiger partial charge in [0.05, 0.1) is 6.61 Å². The van der Waals surface area contributed by atoms with E-state index in [-0.39, 0.29) is 6.61 Å². The predicted molar refractivity (Wildman–Crippen MR) is 131 cm³/mol. The van der Waals surface area contributed by atoms with E-state index in [1.165, 1.54) is 13.1 Å². The third-order valence-corrected chi connectivity index (χ3v) is 4.47. The Balaban J connectivity index is -0.000000184. The van der Waals surface area contributed by atoms with Crippen LogP contribution in [0.3, 0.4) is 0 Å². The monoisotopic (exact) mass is 440 g/mol. The summed E-state index contributed by atoms with van der Waals surface area (Å²) in [5, 5.41) is 15.7. The maximum atomic E-state index is 8.70. The first-order valence-electron chi connectivity index (χ1n) is 11.1. The second kappa shape index (κ2) is 33.3. The molecule has 0 atom stereocenters. The molecule has 0 aliphatic carbocycles. The number of methoxy groups -OCH3 is 2. The molecule has 0 unspecified atom stereocenters. The molecule has 8 heteroatoms. The first kappa shape index (κ1) is 37.0. The van der Waals surface area contributed by atoms with Crippen molar-refractivity contribution in [3.63, 3.8) is 0 Å². The fraction of sp³-hybridized carbons (Fsp3) is 1.00. The minimum Gasteiger partial charge on any atom is -0.400 e. The lowest BCUT2D eigenvalue weighted by Crippen LogP contribution is -2.33. The van der Waals surface area contributed by atoms with Gasteiger partial charge in [-0.05, 0) is 54.6 Å². The van der Waals surface area contributed by atoms with Gasteiger partial charge < -0.3 is 39.3 Å². The van der Waals surface area contributed by atoms with Crippen LogP contribution in [0.1, 0.15) is 27.2 Å². The van der Waals surface area contributed by atoms with Gasteiger partial charge >= 0.3 is 0 Å². The van der Waals surface area contributed by atoms with Crippen molar-refractivity contribution >= 4 is 0 Å². The van der Waals surface area contributed by atoms with Crippen LogP contribution in [-0.2, 0) is 9.47 Å². The number of hydrogen-bond acceptors (Lipinski definition) is 8. The lowest BCUT2D eigenvalue weighted by atomic mass is 10.4. The molecular weight excluding hydrogens is 384 g/mol. The number of likely N-dealkylation sites (N-methyl/N-ethyl adjacent to an activating group) is 4. The Morgan fingerprint density at radius 3 is 1.27 bits per heavy atom. The van der Waals surface area contributed by atoms with Crippen LogP contribution in [0.5, 0.6) is 0 Å². The standard InChI is InChI=1S/C10H24N2O2.C8H20N2.C3H8O.CH4O/c1-11(5-4-10-14-3)6-7-12(2)8-9-13;1-5-9(3)7-8-10(4)6-2;1-3-4-2;1-2/h13H,4-10H2,1-3H3;5-8H2,1-4H3;3H2,1-2H3;2H,1H3. The van der Waals surface area contributed by atoms with E-state index >= 15 is 0 Å². The molecule has 0 saturated heterocycles. The van der Waals surface area contributed by atoms with Crippen molar-refractivity contribution in [3.05, 3.63) is 0 Å². The zero-order valence-corrected chi connectivity index (χ0v) is 22.0. The van der Waals surface area contributed by atoms with E-state index in [1.807, 2.05) is 14.0 Å². The molecule has 0 aliphatic heterocycles. The second-order valence-corrected chi connectivity index (χ2v) is 7.05. The number of hydrogen-bond donors (Lipinski definition) is 2. The Morgan fingerprint density at radius 1 is 0.600 bits per heavy atom. The molecule has 0 spiro atoms. The number of ether oxygens (including phenoxy) is 2. The lowest BCUT2D eigenvalue weighted by molar-refractivity contribution is 0.170. The molecule has 0 bridgehead atoms. The number of aliphatic hydroxyl groups excluding tert-OH is 2. The SMILES string of the molecule is CCN(C)CCN(C)CC.CCOC.CO.COCCCN(C)CCN(C)CCO. The quantitative estimate of drug-likeness (QED) is 0.366. The molecule has 0 aliphatic rings. The van der Waals surface area contributed by atoms with Crippen molar-refractivity contribution in [1.29, 1.82) is 0 Å². The van der Waals surface area contributed by atoms with Crippen LogP contribution in [-0.4, -0.2) is 152 Å². The van der Waals surface area contributed by atoms with E-state index in [2.05, 4.69) is 59.3 Å². The summed E-state index contributed by atoms with van der Waals surface area (Å²) in [4.78, 5) is 9.07. The van der Waals surface area contributed by atoms with E-state index in [0.29, 0.717) is 0 Å². The molecule has 0 rings (SSSR count). The van der Waals surface area contributed by atoms with Gasteiger partial charge in [-0.3, -0.25) is 0 Å². The first-order valence-corrected chi connectivity index (χ1v) is 11.1. The third kappa shape index (κ3) is 38.3. The van der Waals surface area contributed by atoms with Crippen LogP contribution in [0.25, 0.3) is 0 Å². The average molecular weight is 441 g/mol. The summed E-state index contributed by atoms with van der Waals surface area (Å²) in [5.41, 5.74) is 0. The summed E-state index contributed by atoms with van der Waals surface area (Å²) < 4.78 is 9.53. The van der Waals surface area contributed by atoms with Gasteiger partial charge in [-0.15, -0.1) is 0 Å². The molecule has 30 heavy (non-hydrogen) atoms. The Morgan fingerprint density at radius 2 is 0.967 bits per heavy atom. The van der Waals surface area contributed by atoms with Gasteiger partial charge in [0.15, 0.2) is 0 Å². The first-order chi connectivity index (χ1) is 14.3. The molecule has 0 aromatic heterocycles. The van der Waals surface area contributed by atoms with Crippen molar-refractivity contribution in [3.8, 4) is 0 Å². The Hall–Kier alpha value is -0.320. The number of rotatable bonds is 15. The summed E-state index contributed by atoms with van der Waals surface area (Å²) in [5.74, 6) is 0. The van der Waals surface area contributed by atoms with Crippen molar-refractivity contribution < 1.29 is 19.7 Å². The van der Waals surface area contributed by atoms with E-state index in [0.717, 1.165) is 66.0 Å². The zero-order valence-electron chi connectivity index (χ0n) is 22.0. The highest BCUT2D eigenvalue weighted by Crippen LogP contribution is 1.90. The molecule has 0 saturated carbocycles. The number of aliphatic hydroxyl groups is 2. The molecule has 0 fully saturated rings. The molecule has 2 N–H and O–H groups in total. The summed E-state index contributed by atoms with van der Waals surface area (Å²) in [6.07, 6.45) is 1.08. The fourth-order valence-corrected chi connectivity index (χ4v) is 1.87. The lowest BCUT2D eigenvalue weighted by Gasteiger charge is -2.21. The predicted octanol–water partition coefficient (Wildman–Crippen LogP) is 1.03. The van der Waals surface area contributed by atoms with E-state index in [4.69, 9.17) is 14.9 Å². The van der Waals surface area contributed by atoms with Crippen molar-refractivity contribution in [1.82, 2.24) is 19.6 Å². The molecule has 0 aromatic carbocycles. The summed E-state index contributed by atoms with van der Waals surface area (Å²) in [7, 11) is 12.9. The second-order valence-electron chi connectivity index (χ2n) is 7.05. The van der Waals surface area contributed by atoms with Crippen molar-refractivity contribution in [2.24, 2.45) is 0 Å². The van der Waals surface area contributed by atoms with Gasteiger partial charge in [-0.1, -0.05) is 13.8 Å². The highest BCUT2D eigenvalue weighted by Gasteiger charge is 2.01. The largest absolute Gasteiger partial charge is 0.400 e. The molecule has 0 heterocycles. The van der Waals surface area contributed by atoms with E-state index in [9.17, 15) is 0 Å². The van der Waals surface area contributed by atoms with Gasteiger partial charge in [0, 0.05) is 73.8 Å². The van der Waals surface area contributed by atoms with Crippen LogP contribution < -0.4 is 0 Å². The summed E-state index contributed by atoms with van der Waals surface area (Å²) >= 11 is 0. The molecule has 0 aromatic rings. The van der Waals surface area contributed by atoms with Crippen LogP contribution >= 0.6 is 0 Å². The van der Waals surface area contributed by atoms with Crippen molar-refractivity contribution in [2.45, 2.75) is 27.2 Å². The highest BCUT2D eigenvalue weighted by atomic mass is 16.5. The normalized spacial score (nSPS) is 10.4. The Labute approximate surface area is 188 Å². The minimum absolute atomic E-state index is 0.240. The summed E-state index contributed by atoms with van der Waals surface area (Å²) in [6, 6.07) is 0. The fourth-order valence-electron chi connectivity index (χ4n) is 1.87. The van der Waals surface area contributed by atoms with E-state index in [1.54, 1.807) is 14.2 Å². The maximum absolute atomic E-state index is 8.70. The van der Waals surface area contributed by atoms with E-state index < -0.39 is 0 Å². The van der Waals surface area contributed by atoms with Crippen LogP contribution in [0.2, 0.25) is 0 Å². The van der Waals surface area contributed by atoms with Gasteiger partial charge in [0.25, 0.3) is 0 Å². The molecule has 0 amide bonds. The summed E-state index contributed by atoms with van der Waals surface area (Å²) in [6.45, 7) is 16.8. The van der Waals surface area contributed by atoms with Crippen LogP contribution in [0.15, 0.2) is 0 Å². The van der Waals surface area contributed by atoms with Gasteiger partial charge in [-0.2, -0.15) is 0 Å². The molecule has 188 valence electrons. The highest BCUT2D eigenvalue weighted by molar-refractivity contribution is 4.56. The average Bonchev–Trinajstić information content (AvgIpc) is 2.78. The molecule has 0 radical (unpaired) electrons. The minimum atomic E-state index is 0.240. The molecule has 8 nitrogen and oxygen atoms in total. The van der Waals surface area contributed by atoms with Crippen LogP contribution in [0, 0.1) is 0 Å². The van der Waals surface area contributed by atoms with Gasteiger partial charge in [0.2, 0.25) is 0 Å². The third-order valence-electron chi connectivity index (χ3n) is 4.47. The molecular formula is C22H56N4O4. The smallest absolute Gasteiger partial charge is 0.0558 e. The Kier molecular flexibility index (Phi) is 41.1. The van der Waals surface area contributed by atoms with Crippen LogP contribution in [0.4, 0.5) is 0 Å². The maximum Gasteiger partial charge on any atom is 0.0558 e. The van der Waals surface area contributed by atoms with Gasteiger partial charge in [0.1, 0.15) is 0 Å². The Bertz CT molecular complexity index is 266. The number of nitrogens with zero attached hydrogens (tertiary/aromatic N) is 4. The van der Waals surface area contributed by atoms with Crippen molar-refractivity contribution in [2.75, 3.05) is 122 Å².